The van der Waals surface area contributed by atoms with Gasteiger partial charge in [-0.15, -0.1) is 10.2 Å². The molecule has 3 heterocycles. The highest BCUT2D eigenvalue weighted by Gasteiger charge is 2.25. The fourth-order valence-corrected chi connectivity index (χ4v) is 5.11. The van der Waals surface area contributed by atoms with Crippen LogP contribution >= 0.6 is 0 Å². The summed E-state index contributed by atoms with van der Waals surface area (Å²) in [5, 5.41) is 12.4. The molecule has 1 aliphatic heterocycles. The summed E-state index contributed by atoms with van der Waals surface area (Å²) >= 11 is 0. The summed E-state index contributed by atoms with van der Waals surface area (Å²) in [5.74, 6) is 0.912. The number of nitrogens with zero attached hydrogens (tertiary/aromatic N) is 4. The molecule has 1 amide bonds. The van der Waals surface area contributed by atoms with Gasteiger partial charge in [0.05, 0.1) is 16.8 Å². The standard InChI is InChI=1S/C26H24FN5O/c27-19-13-12-16(25-31-30-23-11-2-1-5-14-32(23)25)15-22(19)29-26(33)24-17-7-3-4-9-20(17)28-21-10-6-8-18(21)24/h3-4,7,9,12-13,15H,1-2,5-6,8,10-11,14H2,(H,29,33). The van der Waals surface area contributed by atoms with Crippen LogP contribution < -0.4 is 5.32 Å². The second kappa shape index (κ2) is 8.06. The van der Waals surface area contributed by atoms with Crippen LogP contribution in [0.1, 0.15) is 53.1 Å². The van der Waals surface area contributed by atoms with Crippen LogP contribution in [0.15, 0.2) is 42.5 Å². The van der Waals surface area contributed by atoms with E-state index in [1.54, 1.807) is 12.1 Å². The smallest absolute Gasteiger partial charge is 0.256 e. The third-order valence-electron chi connectivity index (χ3n) is 6.73. The number of halogens is 1. The first-order valence-electron chi connectivity index (χ1n) is 11.6. The van der Waals surface area contributed by atoms with E-state index in [0.717, 1.165) is 90.9 Å². The highest BCUT2D eigenvalue weighted by atomic mass is 19.1. The van der Waals surface area contributed by atoms with Gasteiger partial charge < -0.3 is 9.88 Å². The monoisotopic (exact) mass is 441 g/mol. The lowest BCUT2D eigenvalue weighted by Gasteiger charge is -2.14. The molecule has 2 aliphatic rings. The predicted molar refractivity (Wildman–Crippen MR) is 125 cm³/mol. The van der Waals surface area contributed by atoms with Gasteiger partial charge >= 0.3 is 0 Å². The van der Waals surface area contributed by atoms with Crippen molar-refractivity contribution < 1.29 is 9.18 Å². The van der Waals surface area contributed by atoms with Crippen LogP contribution in [0.4, 0.5) is 10.1 Å². The molecule has 2 aromatic carbocycles. The Bertz CT molecular complexity index is 1390. The van der Waals surface area contributed by atoms with Crippen LogP contribution in [0.25, 0.3) is 22.3 Å². The van der Waals surface area contributed by atoms with E-state index in [1.165, 1.54) is 6.07 Å². The Morgan fingerprint density at radius 3 is 2.82 bits per heavy atom. The molecule has 33 heavy (non-hydrogen) atoms. The van der Waals surface area contributed by atoms with E-state index >= 15 is 0 Å². The SMILES string of the molecule is O=C(Nc1cc(-c2nnc3n2CCCCC3)ccc1F)c1c2c(nc3ccccc13)CCC2. The van der Waals surface area contributed by atoms with Gasteiger partial charge in [0.2, 0.25) is 0 Å². The van der Waals surface area contributed by atoms with Crippen molar-refractivity contribution >= 4 is 22.5 Å². The lowest BCUT2D eigenvalue weighted by Crippen LogP contribution is -2.16. The molecule has 0 saturated carbocycles. The summed E-state index contributed by atoms with van der Waals surface area (Å²) in [6.45, 7) is 0.853. The molecular weight excluding hydrogens is 417 g/mol. The van der Waals surface area contributed by atoms with Gasteiger partial charge in [-0.25, -0.2) is 4.39 Å². The summed E-state index contributed by atoms with van der Waals surface area (Å²) in [4.78, 5) is 18.2. The molecule has 2 aromatic heterocycles. The number of amides is 1. The molecule has 4 aromatic rings. The zero-order valence-corrected chi connectivity index (χ0v) is 18.3. The van der Waals surface area contributed by atoms with Gasteiger partial charge in [-0.2, -0.15) is 0 Å². The van der Waals surface area contributed by atoms with E-state index in [9.17, 15) is 9.18 Å². The van der Waals surface area contributed by atoms with Crippen molar-refractivity contribution in [3.63, 3.8) is 0 Å². The van der Waals surface area contributed by atoms with E-state index in [-0.39, 0.29) is 11.6 Å². The maximum absolute atomic E-state index is 14.8. The van der Waals surface area contributed by atoms with Gasteiger partial charge in [-0.05, 0) is 61.9 Å². The highest BCUT2D eigenvalue weighted by Crippen LogP contribution is 2.32. The van der Waals surface area contributed by atoms with Gasteiger partial charge in [0, 0.05) is 29.6 Å². The van der Waals surface area contributed by atoms with Crippen LogP contribution in [0.5, 0.6) is 0 Å². The molecule has 0 atom stereocenters. The van der Waals surface area contributed by atoms with Crippen molar-refractivity contribution in [2.45, 2.75) is 51.5 Å². The Kier molecular flexibility index (Phi) is 4.89. The van der Waals surface area contributed by atoms with Crippen molar-refractivity contribution in [3.8, 4) is 11.4 Å². The minimum Gasteiger partial charge on any atom is -0.319 e. The van der Waals surface area contributed by atoms with Crippen molar-refractivity contribution in [1.29, 1.82) is 0 Å². The first-order chi connectivity index (χ1) is 16.2. The first kappa shape index (κ1) is 20.0. The largest absolute Gasteiger partial charge is 0.319 e. The third kappa shape index (κ3) is 3.48. The Balaban J connectivity index is 1.39. The van der Waals surface area contributed by atoms with Crippen LogP contribution in [0.2, 0.25) is 0 Å². The van der Waals surface area contributed by atoms with E-state index in [4.69, 9.17) is 4.98 Å². The zero-order chi connectivity index (χ0) is 22.4. The molecule has 6 nitrogen and oxygen atoms in total. The van der Waals surface area contributed by atoms with Gasteiger partial charge in [0.25, 0.3) is 5.91 Å². The number of carbonyl (C=O) groups is 1. The van der Waals surface area contributed by atoms with Gasteiger partial charge in [0.1, 0.15) is 11.6 Å². The minimum absolute atomic E-state index is 0.149. The third-order valence-corrected chi connectivity index (χ3v) is 6.73. The van der Waals surface area contributed by atoms with E-state index < -0.39 is 5.82 Å². The topological polar surface area (TPSA) is 72.7 Å². The summed E-state index contributed by atoms with van der Waals surface area (Å²) in [5.41, 5.74) is 4.25. The number of aromatic nitrogens is 4. The molecule has 0 fully saturated rings. The average molecular weight is 442 g/mol. The second-order valence-electron chi connectivity index (χ2n) is 8.83. The number of rotatable bonds is 3. The number of pyridine rings is 1. The number of hydrogen-bond acceptors (Lipinski definition) is 4. The Hall–Kier alpha value is -3.61. The summed E-state index contributed by atoms with van der Waals surface area (Å²) in [6, 6.07) is 12.4. The normalized spacial score (nSPS) is 15.2. The maximum atomic E-state index is 14.8. The second-order valence-corrected chi connectivity index (χ2v) is 8.83. The Morgan fingerprint density at radius 1 is 0.970 bits per heavy atom. The highest BCUT2D eigenvalue weighted by molar-refractivity contribution is 6.13. The molecule has 7 heteroatoms. The fraction of sp³-hybridized carbons (Fsp3) is 0.308. The molecule has 166 valence electrons. The summed E-state index contributed by atoms with van der Waals surface area (Å²) in [7, 11) is 0. The van der Waals surface area contributed by atoms with Gasteiger partial charge in [-0.3, -0.25) is 9.78 Å². The van der Waals surface area contributed by atoms with E-state index in [1.807, 2.05) is 24.3 Å². The number of anilines is 1. The molecule has 0 spiro atoms. The molecular formula is C26H24FN5O. The average Bonchev–Trinajstić information content (AvgIpc) is 3.39. The first-order valence-corrected chi connectivity index (χ1v) is 11.6. The molecule has 6 rings (SSSR count). The molecule has 0 saturated heterocycles. The lowest BCUT2D eigenvalue weighted by atomic mass is 10.0. The van der Waals surface area contributed by atoms with Crippen LogP contribution in [-0.2, 0) is 25.8 Å². The molecule has 1 aliphatic carbocycles. The predicted octanol–water partition coefficient (Wildman–Crippen LogP) is 5.10. The van der Waals surface area contributed by atoms with E-state index in [2.05, 4.69) is 20.1 Å². The Labute approximate surface area is 190 Å². The molecule has 1 N–H and O–H groups in total. The quantitative estimate of drug-likeness (QED) is 0.480. The number of hydrogen-bond donors (Lipinski definition) is 1. The fourth-order valence-electron chi connectivity index (χ4n) is 5.11. The van der Waals surface area contributed by atoms with Crippen LogP contribution in [0, 0.1) is 5.82 Å². The number of nitrogens with one attached hydrogen (secondary N) is 1. The Morgan fingerprint density at radius 2 is 1.88 bits per heavy atom. The summed E-state index contributed by atoms with van der Waals surface area (Å²) < 4.78 is 16.9. The maximum Gasteiger partial charge on any atom is 0.256 e. The minimum atomic E-state index is -0.474. The number of para-hydroxylation sites is 1. The number of carbonyl (C=O) groups excluding carboxylic acids is 1. The van der Waals surface area contributed by atoms with Crippen molar-refractivity contribution in [3.05, 3.63) is 70.9 Å². The lowest BCUT2D eigenvalue weighted by molar-refractivity contribution is 0.102. The molecule has 0 bridgehead atoms. The van der Waals surface area contributed by atoms with Gasteiger partial charge in [-0.1, -0.05) is 24.6 Å². The van der Waals surface area contributed by atoms with Gasteiger partial charge in [0.15, 0.2) is 5.82 Å². The number of benzene rings is 2. The molecule has 0 unspecified atom stereocenters. The summed E-state index contributed by atoms with van der Waals surface area (Å²) in [6.07, 6.45) is 6.89. The van der Waals surface area contributed by atoms with Crippen LogP contribution in [0.3, 0.4) is 0 Å². The van der Waals surface area contributed by atoms with Crippen molar-refractivity contribution in [2.24, 2.45) is 0 Å². The number of aryl methyl sites for hydroxylation is 2. The molecule has 0 radical (unpaired) electrons. The number of fused-ring (bicyclic) bond motifs is 3. The van der Waals surface area contributed by atoms with E-state index in [0.29, 0.717) is 5.56 Å². The zero-order valence-electron chi connectivity index (χ0n) is 18.3. The van der Waals surface area contributed by atoms with Crippen molar-refractivity contribution in [1.82, 2.24) is 19.7 Å². The van der Waals surface area contributed by atoms with Crippen LogP contribution in [-0.4, -0.2) is 25.7 Å². The van der Waals surface area contributed by atoms with Crippen molar-refractivity contribution in [2.75, 3.05) is 5.32 Å².